The first-order chi connectivity index (χ1) is 24.6. The average molecular weight is 698 g/mol. The highest BCUT2D eigenvalue weighted by atomic mass is 19.1. The third-order valence-corrected chi connectivity index (χ3v) is 9.93. The molecule has 0 spiro atoms. The van der Waals surface area contributed by atoms with Gasteiger partial charge < -0.3 is 24.6 Å². The molecule has 0 aromatic heterocycles. The van der Waals surface area contributed by atoms with E-state index in [1.165, 1.54) is 36.4 Å². The second-order valence-corrected chi connectivity index (χ2v) is 13.6. The number of carboxylic acids is 1. The van der Waals surface area contributed by atoms with Gasteiger partial charge in [0.05, 0.1) is 37.2 Å². The molecule has 2 fully saturated rings. The van der Waals surface area contributed by atoms with Gasteiger partial charge in [-0.3, -0.25) is 14.4 Å². The monoisotopic (exact) mass is 697 g/mol. The van der Waals surface area contributed by atoms with Crippen molar-refractivity contribution in [3.05, 3.63) is 137 Å². The topological polar surface area (TPSA) is 113 Å². The highest BCUT2D eigenvalue weighted by Crippen LogP contribution is 2.46. The molecular weight excluding hydrogens is 656 g/mol. The molecule has 4 aromatic carbocycles. The third kappa shape index (κ3) is 8.76. The second kappa shape index (κ2) is 16.1. The number of benzene rings is 4. The van der Waals surface area contributed by atoms with Gasteiger partial charge in [-0.2, -0.15) is 0 Å². The normalized spacial score (nSPS) is 19.1. The third-order valence-electron chi connectivity index (χ3n) is 9.93. The van der Waals surface area contributed by atoms with Gasteiger partial charge in [-0.05, 0) is 90.8 Å². The maximum absolute atomic E-state index is 13.7. The molecular formula is C41H41F2NO7. The van der Waals surface area contributed by atoms with E-state index in [9.17, 15) is 33.4 Å². The van der Waals surface area contributed by atoms with Crippen molar-refractivity contribution in [2.45, 2.75) is 56.3 Å². The molecule has 0 bridgehead atoms. The lowest BCUT2D eigenvalue weighted by molar-refractivity contribution is -0.212. The van der Waals surface area contributed by atoms with Gasteiger partial charge in [0, 0.05) is 12.1 Å². The summed E-state index contributed by atoms with van der Waals surface area (Å²) in [5.41, 5.74) is 3.31. The van der Waals surface area contributed by atoms with Gasteiger partial charge in [-0.15, -0.1) is 0 Å². The average Bonchev–Trinajstić information content (AvgIpc) is 3.11. The number of carbonyl (C=O) groups excluding carboxylic acids is 2. The maximum Gasteiger partial charge on any atom is 0.307 e. The van der Waals surface area contributed by atoms with Crippen LogP contribution >= 0.6 is 0 Å². The van der Waals surface area contributed by atoms with E-state index in [4.69, 9.17) is 9.47 Å². The molecule has 10 heteroatoms. The molecule has 2 saturated heterocycles. The van der Waals surface area contributed by atoms with E-state index < -0.39 is 41.1 Å². The minimum Gasteiger partial charge on any atom is -0.481 e. The SMILES string of the molecule is O=C(COC1(CCc2ccc([C@@H]3[C@@H](CC[C@H](O)c4ccc(F)cc4)C(=O)N3c3ccc(F)cc3)cc2)COC1)C[C@H](Cc1ccccc1)C(=O)O. The van der Waals surface area contributed by atoms with Crippen molar-refractivity contribution >= 4 is 23.3 Å². The van der Waals surface area contributed by atoms with Gasteiger partial charge >= 0.3 is 5.97 Å². The molecule has 2 heterocycles. The Morgan fingerprint density at radius 1 is 0.882 bits per heavy atom. The Hall–Kier alpha value is -4.77. The van der Waals surface area contributed by atoms with Crippen molar-refractivity contribution in [3.8, 4) is 0 Å². The van der Waals surface area contributed by atoms with Crippen molar-refractivity contribution < 1.29 is 42.9 Å². The Morgan fingerprint density at radius 2 is 1.53 bits per heavy atom. The van der Waals surface area contributed by atoms with Crippen molar-refractivity contribution in [2.24, 2.45) is 11.8 Å². The summed E-state index contributed by atoms with van der Waals surface area (Å²) < 4.78 is 38.6. The van der Waals surface area contributed by atoms with Crippen LogP contribution < -0.4 is 4.90 Å². The van der Waals surface area contributed by atoms with Gasteiger partial charge in [0.25, 0.3) is 0 Å². The van der Waals surface area contributed by atoms with E-state index in [-0.39, 0.29) is 37.2 Å². The molecule has 2 N–H and O–H groups in total. The van der Waals surface area contributed by atoms with Gasteiger partial charge in [0.15, 0.2) is 5.78 Å². The fourth-order valence-electron chi connectivity index (χ4n) is 6.89. The van der Waals surface area contributed by atoms with Crippen LogP contribution in [-0.2, 0) is 36.7 Å². The zero-order valence-electron chi connectivity index (χ0n) is 28.1. The number of hydrogen-bond donors (Lipinski definition) is 2. The predicted octanol–water partition coefficient (Wildman–Crippen LogP) is 6.80. The van der Waals surface area contributed by atoms with Crippen LogP contribution in [0.25, 0.3) is 0 Å². The largest absolute Gasteiger partial charge is 0.481 e. The van der Waals surface area contributed by atoms with Crippen molar-refractivity contribution in [3.63, 3.8) is 0 Å². The minimum atomic E-state index is -1.02. The van der Waals surface area contributed by atoms with Crippen LogP contribution in [0.4, 0.5) is 14.5 Å². The number of amides is 1. The molecule has 266 valence electrons. The van der Waals surface area contributed by atoms with Gasteiger partial charge in [0.2, 0.25) is 5.91 Å². The van der Waals surface area contributed by atoms with Crippen LogP contribution in [0.3, 0.4) is 0 Å². The number of aryl methyl sites for hydroxylation is 1. The Balaban J connectivity index is 1.07. The second-order valence-electron chi connectivity index (χ2n) is 13.6. The van der Waals surface area contributed by atoms with Crippen LogP contribution in [0.5, 0.6) is 0 Å². The lowest BCUT2D eigenvalue weighted by Crippen LogP contribution is -2.55. The molecule has 4 aromatic rings. The van der Waals surface area contributed by atoms with Crippen LogP contribution in [0.15, 0.2) is 103 Å². The number of carboxylic acid groups (broad SMARTS) is 1. The summed E-state index contributed by atoms with van der Waals surface area (Å²) in [5, 5.41) is 20.5. The van der Waals surface area contributed by atoms with E-state index in [0.717, 1.165) is 16.7 Å². The molecule has 6 rings (SSSR count). The number of carbonyl (C=O) groups is 3. The first kappa shape index (κ1) is 36.0. The molecule has 4 atom stereocenters. The molecule has 0 radical (unpaired) electrons. The van der Waals surface area contributed by atoms with E-state index in [1.807, 2.05) is 54.6 Å². The number of aliphatic hydroxyl groups is 1. The number of ether oxygens (including phenoxy) is 2. The highest BCUT2D eigenvalue weighted by molar-refractivity contribution is 6.03. The zero-order chi connectivity index (χ0) is 36.0. The lowest BCUT2D eigenvalue weighted by Gasteiger charge is -2.48. The molecule has 1 amide bonds. The molecule has 0 aliphatic carbocycles. The van der Waals surface area contributed by atoms with E-state index in [2.05, 4.69) is 0 Å². The number of nitrogens with zero attached hydrogens (tertiary/aromatic N) is 1. The highest BCUT2D eigenvalue weighted by Gasteiger charge is 2.48. The summed E-state index contributed by atoms with van der Waals surface area (Å²) in [4.78, 5) is 39.8. The summed E-state index contributed by atoms with van der Waals surface area (Å²) in [6.45, 7) is 0.493. The van der Waals surface area contributed by atoms with E-state index in [0.29, 0.717) is 50.1 Å². The zero-order valence-corrected chi connectivity index (χ0v) is 28.1. The summed E-state index contributed by atoms with van der Waals surface area (Å²) in [5.74, 6) is -3.44. The summed E-state index contributed by atoms with van der Waals surface area (Å²) in [6.07, 6.45) is 1.25. The molecule has 51 heavy (non-hydrogen) atoms. The number of aliphatic carboxylic acids is 1. The first-order valence-corrected chi connectivity index (χ1v) is 17.2. The van der Waals surface area contributed by atoms with Crippen molar-refractivity contribution in [2.75, 3.05) is 24.7 Å². The number of hydrogen-bond acceptors (Lipinski definition) is 6. The molecule has 2 aliphatic rings. The standard InChI is InChI=1S/C41H41F2NO7/c42-32-12-10-29(11-13-32)37(46)19-18-36-38(44(39(36)47)34-16-14-33(43)15-17-34)30-8-6-27(7-9-30)20-21-41(25-50-26-41)51-24-35(45)23-31(40(48)49)22-28-4-2-1-3-5-28/h1-17,31,36-38,46H,18-26H2,(H,48,49)/t31-,36+,37-,38+/m0/s1. The molecule has 2 aliphatic heterocycles. The van der Waals surface area contributed by atoms with Crippen molar-refractivity contribution in [1.82, 2.24) is 0 Å². The maximum atomic E-state index is 13.7. The smallest absolute Gasteiger partial charge is 0.307 e. The molecule has 8 nitrogen and oxygen atoms in total. The molecule has 0 saturated carbocycles. The summed E-state index contributed by atoms with van der Waals surface area (Å²) >= 11 is 0. The number of aliphatic hydroxyl groups excluding tert-OH is 1. The van der Waals surface area contributed by atoms with Gasteiger partial charge in [-0.1, -0.05) is 66.7 Å². The number of β-lactam (4-membered cyclic amide) rings is 1. The summed E-state index contributed by atoms with van der Waals surface area (Å²) in [6, 6.07) is 28.3. The summed E-state index contributed by atoms with van der Waals surface area (Å²) in [7, 11) is 0. The fourth-order valence-corrected chi connectivity index (χ4v) is 6.89. The Bertz CT molecular complexity index is 1790. The van der Waals surface area contributed by atoms with Gasteiger partial charge in [-0.25, -0.2) is 8.78 Å². The van der Waals surface area contributed by atoms with Crippen molar-refractivity contribution in [1.29, 1.82) is 0 Å². The van der Waals surface area contributed by atoms with E-state index >= 15 is 0 Å². The molecule has 0 unspecified atom stereocenters. The minimum absolute atomic E-state index is 0.115. The number of ketones is 1. The van der Waals surface area contributed by atoms with Crippen LogP contribution in [0, 0.1) is 23.5 Å². The Morgan fingerprint density at radius 3 is 2.14 bits per heavy atom. The fraction of sp³-hybridized carbons (Fsp3) is 0.341. The number of halogens is 2. The quantitative estimate of drug-likeness (QED) is 0.117. The van der Waals surface area contributed by atoms with Crippen LogP contribution in [0.2, 0.25) is 0 Å². The predicted molar refractivity (Wildman–Crippen MR) is 186 cm³/mol. The first-order valence-electron chi connectivity index (χ1n) is 17.2. The van der Waals surface area contributed by atoms with Crippen LogP contribution in [-0.4, -0.2) is 53.3 Å². The Kier molecular flexibility index (Phi) is 11.3. The van der Waals surface area contributed by atoms with Crippen LogP contribution in [0.1, 0.15) is 60.1 Å². The number of rotatable bonds is 17. The number of Topliss-reactive ketones (excluding diaryl/α,β-unsaturated/α-hetero) is 1. The lowest BCUT2D eigenvalue weighted by atomic mass is 9.78. The Labute approximate surface area is 295 Å². The van der Waals surface area contributed by atoms with E-state index in [1.54, 1.807) is 17.0 Å². The number of anilines is 1. The van der Waals surface area contributed by atoms with Gasteiger partial charge in [0.1, 0.15) is 23.8 Å².